The molecule has 6 heteroatoms. The number of benzene rings is 1. The molecule has 1 aliphatic carbocycles. The van der Waals surface area contributed by atoms with Crippen LogP contribution in [0.4, 0.5) is 0 Å². The molecule has 0 spiro atoms. The van der Waals surface area contributed by atoms with Crippen LogP contribution >= 0.6 is 0 Å². The van der Waals surface area contributed by atoms with Gasteiger partial charge in [-0.2, -0.15) is 0 Å². The van der Waals surface area contributed by atoms with Crippen LogP contribution < -0.4 is 5.56 Å². The van der Waals surface area contributed by atoms with E-state index in [0.717, 1.165) is 18.4 Å². The number of rotatable bonds is 4. The van der Waals surface area contributed by atoms with E-state index in [4.69, 9.17) is 4.74 Å². The van der Waals surface area contributed by atoms with E-state index in [1.165, 1.54) is 83.5 Å². The number of piperidine rings is 1. The van der Waals surface area contributed by atoms with Crippen molar-refractivity contribution < 1.29 is 9.53 Å². The first-order valence-corrected chi connectivity index (χ1v) is 14.6. The molecule has 0 unspecified atom stereocenters. The lowest BCUT2D eigenvalue weighted by molar-refractivity contribution is 0.0493. The number of carbonyl (C=O) groups excluding carboxylic acids is 1. The van der Waals surface area contributed by atoms with Gasteiger partial charge in [0.15, 0.2) is 0 Å². The second-order valence-electron chi connectivity index (χ2n) is 11.2. The molecule has 36 heavy (non-hydrogen) atoms. The fourth-order valence-corrected chi connectivity index (χ4v) is 7.28. The molecule has 0 amide bonds. The van der Waals surface area contributed by atoms with Crippen LogP contribution in [0.1, 0.15) is 120 Å². The number of para-hydroxylation sites is 2. The SMILES string of the molecule is CCOC(=O)c1nc2ccccc2n([C@H]2C[C@H]3CC[C@@H](C2)N3C2CCCCCCCCCCC2)c1=O. The van der Waals surface area contributed by atoms with Crippen LogP contribution in [-0.4, -0.2) is 45.2 Å². The standard InChI is InChI=1S/C30H43N3O3/c1-2-36-30(35)28-29(34)33(27-17-13-12-16-26(27)31-28)25-20-23-18-19-24(21-25)32(23)22-14-10-8-6-4-3-5-7-9-11-15-22/h12-13,16-17,22-25H,2-11,14-15,18-21H2,1H3/t23-,24+,25+. The number of ether oxygens (including phenoxy) is 1. The van der Waals surface area contributed by atoms with Gasteiger partial charge in [-0.05, 0) is 57.6 Å². The van der Waals surface area contributed by atoms with E-state index in [2.05, 4.69) is 9.88 Å². The van der Waals surface area contributed by atoms with E-state index in [1.54, 1.807) is 6.92 Å². The molecule has 3 heterocycles. The molecule has 3 atom stereocenters. The minimum atomic E-state index is -0.615. The average Bonchev–Trinajstić information content (AvgIpc) is 3.13. The van der Waals surface area contributed by atoms with Gasteiger partial charge in [-0.25, -0.2) is 9.78 Å². The summed E-state index contributed by atoms with van der Waals surface area (Å²) < 4.78 is 7.07. The zero-order valence-electron chi connectivity index (χ0n) is 22.0. The van der Waals surface area contributed by atoms with Crippen LogP contribution in [0, 0.1) is 0 Å². The Kier molecular flexibility index (Phi) is 8.40. The summed E-state index contributed by atoms with van der Waals surface area (Å²) >= 11 is 0. The second-order valence-corrected chi connectivity index (χ2v) is 11.2. The summed E-state index contributed by atoms with van der Waals surface area (Å²) in [6.45, 7) is 1.99. The Labute approximate surface area is 215 Å². The fourth-order valence-electron chi connectivity index (χ4n) is 7.28. The summed E-state index contributed by atoms with van der Waals surface area (Å²) in [5.74, 6) is -0.615. The Morgan fingerprint density at radius 1 is 0.833 bits per heavy atom. The van der Waals surface area contributed by atoms with Gasteiger partial charge in [0.2, 0.25) is 5.69 Å². The van der Waals surface area contributed by atoms with Gasteiger partial charge in [0.1, 0.15) is 0 Å². The monoisotopic (exact) mass is 493 g/mol. The molecule has 2 aromatic rings. The van der Waals surface area contributed by atoms with Crippen molar-refractivity contribution in [2.75, 3.05) is 6.61 Å². The third-order valence-electron chi connectivity index (χ3n) is 8.89. The molecule has 6 nitrogen and oxygen atoms in total. The molecular weight excluding hydrogens is 450 g/mol. The second kappa shape index (κ2) is 11.9. The van der Waals surface area contributed by atoms with Crippen molar-refractivity contribution in [3.63, 3.8) is 0 Å². The van der Waals surface area contributed by atoms with Crippen LogP contribution in [0.2, 0.25) is 0 Å². The van der Waals surface area contributed by atoms with Crippen molar-refractivity contribution in [1.29, 1.82) is 0 Å². The van der Waals surface area contributed by atoms with E-state index >= 15 is 0 Å². The Hall–Kier alpha value is -2.21. The molecule has 196 valence electrons. The van der Waals surface area contributed by atoms with Gasteiger partial charge < -0.3 is 9.30 Å². The van der Waals surface area contributed by atoms with Gasteiger partial charge in [-0.1, -0.05) is 69.9 Å². The Balaban J connectivity index is 1.40. The molecule has 3 aliphatic rings. The summed E-state index contributed by atoms with van der Waals surface area (Å²) in [5.41, 5.74) is 1.15. The lowest BCUT2D eigenvalue weighted by Crippen LogP contribution is -2.50. The molecule has 1 saturated carbocycles. The lowest BCUT2D eigenvalue weighted by Gasteiger charge is -2.44. The van der Waals surface area contributed by atoms with E-state index in [0.29, 0.717) is 23.6 Å². The van der Waals surface area contributed by atoms with Crippen molar-refractivity contribution in [3.05, 3.63) is 40.3 Å². The van der Waals surface area contributed by atoms with E-state index in [1.807, 2.05) is 28.8 Å². The highest BCUT2D eigenvalue weighted by molar-refractivity contribution is 5.89. The summed E-state index contributed by atoms with van der Waals surface area (Å²) in [6, 6.07) is 9.56. The third-order valence-corrected chi connectivity index (χ3v) is 8.89. The van der Waals surface area contributed by atoms with Crippen molar-refractivity contribution in [1.82, 2.24) is 14.5 Å². The average molecular weight is 494 g/mol. The molecule has 0 N–H and O–H groups in total. The van der Waals surface area contributed by atoms with Gasteiger partial charge in [0.25, 0.3) is 5.56 Å². The molecule has 1 aromatic carbocycles. The minimum Gasteiger partial charge on any atom is -0.461 e. The van der Waals surface area contributed by atoms with Gasteiger partial charge in [0.05, 0.1) is 17.6 Å². The van der Waals surface area contributed by atoms with Gasteiger partial charge in [-0.3, -0.25) is 9.69 Å². The normalized spacial score (nSPS) is 26.9. The Morgan fingerprint density at radius 2 is 1.42 bits per heavy atom. The fraction of sp³-hybridized carbons (Fsp3) is 0.700. The van der Waals surface area contributed by atoms with Crippen LogP contribution in [0.3, 0.4) is 0 Å². The zero-order chi connectivity index (χ0) is 24.9. The van der Waals surface area contributed by atoms with Crippen molar-refractivity contribution in [2.24, 2.45) is 0 Å². The maximum Gasteiger partial charge on any atom is 0.362 e. The molecule has 2 bridgehead atoms. The van der Waals surface area contributed by atoms with Gasteiger partial charge in [-0.15, -0.1) is 0 Å². The van der Waals surface area contributed by atoms with Crippen molar-refractivity contribution in [2.45, 2.75) is 127 Å². The lowest BCUT2D eigenvalue weighted by atomic mass is 9.90. The number of nitrogens with zero attached hydrogens (tertiary/aromatic N) is 3. The number of hydrogen-bond donors (Lipinski definition) is 0. The minimum absolute atomic E-state index is 0.0790. The van der Waals surface area contributed by atoms with Crippen LogP contribution in [0.15, 0.2) is 29.1 Å². The highest BCUT2D eigenvalue weighted by atomic mass is 16.5. The predicted octanol–water partition coefficient (Wildman–Crippen LogP) is 6.41. The van der Waals surface area contributed by atoms with Crippen LogP contribution in [0.25, 0.3) is 11.0 Å². The number of carbonyl (C=O) groups is 1. The van der Waals surface area contributed by atoms with E-state index < -0.39 is 5.97 Å². The predicted molar refractivity (Wildman–Crippen MR) is 143 cm³/mol. The number of esters is 1. The van der Waals surface area contributed by atoms with Crippen molar-refractivity contribution in [3.8, 4) is 0 Å². The van der Waals surface area contributed by atoms with Crippen LogP contribution in [0.5, 0.6) is 0 Å². The highest BCUT2D eigenvalue weighted by Gasteiger charge is 2.44. The molecule has 5 rings (SSSR count). The maximum atomic E-state index is 13.6. The first-order chi connectivity index (χ1) is 17.7. The Bertz CT molecular complexity index is 1070. The maximum absolute atomic E-state index is 13.6. The number of hydrogen-bond acceptors (Lipinski definition) is 5. The van der Waals surface area contributed by atoms with Gasteiger partial charge >= 0.3 is 5.97 Å². The zero-order valence-corrected chi connectivity index (χ0v) is 22.0. The molecule has 2 saturated heterocycles. The van der Waals surface area contributed by atoms with Gasteiger partial charge in [0, 0.05) is 24.2 Å². The largest absolute Gasteiger partial charge is 0.461 e. The molecule has 2 aliphatic heterocycles. The molecule has 0 radical (unpaired) electrons. The van der Waals surface area contributed by atoms with Crippen molar-refractivity contribution >= 4 is 17.0 Å². The topological polar surface area (TPSA) is 64.4 Å². The highest BCUT2D eigenvalue weighted by Crippen LogP contribution is 2.44. The Morgan fingerprint density at radius 3 is 2.03 bits per heavy atom. The smallest absolute Gasteiger partial charge is 0.362 e. The first-order valence-electron chi connectivity index (χ1n) is 14.6. The third kappa shape index (κ3) is 5.39. The van der Waals surface area contributed by atoms with E-state index in [9.17, 15) is 9.59 Å². The number of aromatic nitrogens is 2. The quantitative estimate of drug-likeness (QED) is 0.460. The molecule has 1 aromatic heterocycles. The van der Waals surface area contributed by atoms with E-state index in [-0.39, 0.29) is 23.9 Å². The summed E-state index contributed by atoms with van der Waals surface area (Å²) in [6.07, 6.45) is 19.5. The number of fused-ring (bicyclic) bond motifs is 3. The van der Waals surface area contributed by atoms with Crippen LogP contribution in [-0.2, 0) is 4.74 Å². The summed E-state index contributed by atoms with van der Waals surface area (Å²) in [5, 5.41) is 0. The summed E-state index contributed by atoms with van der Waals surface area (Å²) in [7, 11) is 0. The summed E-state index contributed by atoms with van der Waals surface area (Å²) in [4.78, 5) is 33.5. The molecular formula is C30H43N3O3. The molecule has 3 fully saturated rings. The first kappa shape index (κ1) is 25.4.